The molecule has 128 valence electrons. The molecule has 4 rings (SSSR count). The van der Waals surface area contributed by atoms with Crippen molar-refractivity contribution in [3.8, 4) is 0 Å². The third kappa shape index (κ3) is 2.36. The van der Waals surface area contributed by atoms with E-state index in [9.17, 15) is 4.79 Å². The van der Waals surface area contributed by atoms with Crippen LogP contribution in [0, 0.1) is 5.41 Å². The number of rotatable bonds is 4. The highest BCUT2D eigenvalue weighted by atomic mass is 16.2. The molecule has 2 unspecified atom stereocenters. The third-order valence-electron chi connectivity index (χ3n) is 5.62. The lowest BCUT2D eigenvalue weighted by Crippen LogP contribution is -2.63. The van der Waals surface area contributed by atoms with Crippen molar-refractivity contribution in [3.05, 3.63) is 71.8 Å². The van der Waals surface area contributed by atoms with Crippen molar-refractivity contribution < 1.29 is 4.79 Å². The fourth-order valence-electron chi connectivity index (χ4n) is 4.41. The van der Waals surface area contributed by atoms with Gasteiger partial charge in [0.15, 0.2) is 0 Å². The minimum absolute atomic E-state index is 0.0595. The van der Waals surface area contributed by atoms with Gasteiger partial charge in [-0.2, -0.15) is 0 Å². The molecule has 0 spiro atoms. The van der Waals surface area contributed by atoms with Gasteiger partial charge < -0.3 is 4.90 Å². The summed E-state index contributed by atoms with van der Waals surface area (Å²) in [6, 6.07) is 20.8. The van der Waals surface area contributed by atoms with Crippen molar-refractivity contribution in [2.75, 3.05) is 6.54 Å². The fraction of sp³-hybridized carbons (Fsp3) is 0.333. The molecule has 2 aromatic rings. The number of carbonyl (C=O) groups is 1. The van der Waals surface area contributed by atoms with Gasteiger partial charge in [0, 0.05) is 18.5 Å². The molecular formula is C21H23N3O. The Morgan fingerprint density at radius 1 is 1.08 bits per heavy atom. The van der Waals surface area contributed by atoms with E-state index in [-0.39, 0.29) is 17.9 Å². The smallest absolute Gasteiger partial charge is 0.255 e. The van der Waals surface area contributed by atoms with Crippen LogP contribution in [0.1, 0.15) is 37.3 Å². The van der Waals surface area contributed by atoms with Gasteiger partial charge in [-0.25, -0.2) is 0 Å². The van der Waals surface area contributed by atoms with E-state index in [4.69, 9.17) is 5.41 Å². The van der Waals surface area contributed by atoms with Gasteiger partial charge in [-0.3, -0.25) is 15.1 Å². The van der Waals surface area contributed by atoms with E-state index in [1.165, 1.54) is 11.1 Å². The van der Waals surface area contributed by atoms with Crippen LogP contribution in [0.25, 0.3) is 0 Å². The highest BCUT2D eigenvalue weighted by molar-refractivity contribution is 6.09. The molecule has 2 saturated heterocycles. The number of nitrogens with zero attached hydrogens (tertiary/aromatic N) is 2. The summed E-state index contributed by atoms with van der Waals surface area (Å²) in [6.45, 7) is 4.55. The second kappa shape index (κ2) is 5.73. The molecule has 1 N–H and O–H groups in total. The molecule has 0 bridgehead atoms. The summed E-state index contributed by atoms with van der Waals surface area (Å²) in [5.74, 6) is 0.472. The van der Waals surface area contributed by atoms with Crippen molar-refractivity contribution in [1.29, 1.82) is 5.41 Å². The van der Waals surface area contributed by atoms with Crippen LogP contribution in [0.15, 0.2) is 60.7 Å². The quantitative estimate of drug-likeness (QED) is 0.931. The first-order chi connectivity index (χ1) is 12.0. The van der Waals surface area contributed by atoms with Crippen molar-refractivity contribution in [2.24, 2.45) is 0 Å². The molecule has 0 radical (unpaired) electrons. The summed E-state index contributed by atoms with van der Waals surface area (Å²) < 4.78 is 0. The summed E-state index contributed by atoms with van der Waals surface area (Å²) in [6.07, 6.45) is 0.825. The molecule has 2 aromatic carbocycles. The Kier molecular flexibility index (Phi) is 3.64. The van der Waals surface area contributed by atoms with Gasteiger partial charge >= 0.3 is 0 Å². The van der Waals surface area contributed by atoms with Crippen LogP contribution in [0.4, 0.5) is 0 Å². The predicted octanol–water partition coefficient (Wildman–Crippen LogP) is 3.45. The number of benzene rings is 2. The van der Waals surface area contributed by atoms with E-state index in [1.807, 2.05) is 48.2 Å². The lowest BCUT2D eigenvalue weighted by molar-refractivity contribution is -0.138. The summed E-state index contributed by atoms with van der Waals surface area (Å²) in [4.78, 5) is 16.6. The number of amides is 1. The summed E-state index contributed by atoms with van der Waals surface area (Å²) >= 11 is 0. The first-order valence-corrected chi connectivity index (χ1v) is 8.82. The minimum atomic E-state index is -0.519. The Bertz CT molecular complexity index is 765. The number of fused-ring (bicyclic) bond motifs is 1. The predicted molar refractivity (Wildman–Crippen MR) is 98.5 cm³/mol. The van der Waals surface area contributed by atoms with E-state index in [1.54, 1.807) is 4.90 Å². The van der Waals surface area contributed by atoms with Gasteiger partial charge in [0.2, 0.25) is 5.96 Å². The fourth-order valence-corrected chi connectivity index (χ4v) is 4.41. The molecule has 2 fully saturated rings. The second-order valence-corrected chi connectivity index (χ2v) is 7.31. The Morgan fingerprint density at radius 2 is 1.60 bits per heavy atom. The van der Waals surface area contributed by atoms with Crippen LogP contribution < -0.4 is 0 Å². The lowest BCUT2D eigenvalue weighted by Gasteiger charge is -2.49. The molecule has 25 heavy (non-hydrogen) atoms. The first-order valence-electron chi connectivity index (χ1n) is 8.82. The molecule has 2 aliphatic heterocycles. The summed E-state index contributed by atoms with van der Waals surface area (Å²) in [5, 5.41) is 8.53. The standard InChI is InChI=1S/C21H23N3O/c1-15-13-21(2)19(25)23(20(22)24(15)21)14-18(16-9-5-3-6-10-16)17-11-7-4-8-12-17/h3-12,15,18,22H,13-14H2,1-2H3. The number of hydrogen-bond donors (Lipinski definition) is 1. The maximum atomic E-state index is 13.0. The van der Waals surface area contributed by atoms with Gasteiger partial charge in [0.25, 0.3) is 5.91 Å². The van der Waals surface area contributed by atoms with Crippen molar-refractivity contribution in [1.82, 2.24) is 9.80 Å². The molecule has 2 atom stereocenters. The maximum Gasteiger partial charge on any atom is 0.255 e. The van der Waals surface area contributed by atoms with Crippen molar-refractivity contribution in [3.63, 3.8) is 0 Å². The monoisotopic (exact) mass is 333 g/mol. The summed E-state index contributed by atoms with van der Waals surface area (Å²) in [7, 11) is 0. The molecule has 0 saturated carbocycles. The van der Waals surface area contributed by atoms with Gasteiger partial charge in [-0.05, 0) is 31.4 Å². The highest BCUT2D eigenvalue weighted by Gasteiger charge is 2.61. The minimum Gasteiger partial charge on any atom is -0.325 e. The largest absolute Gasteiger partial charge is 0.325 e. The van der Waals surface area contributed by atoms with Crippen molar-refractivity contribution >= 4 is 11.9 Å². The molecule has 0 aromatic heterocycles. The maximum absolute atomic E-state index is 13.0. The Balaban J connectivity index is 1.68. The number of nitrogens with one attached hydrogen (secondary N) is 1. The zero-order chi connectivity index (χ0) is 17.6. The van der Waals surface area contributed by atoms with E-state index in [0.29, 0.717) is 12.5 Å². The number of hydrogen-bond acceptors (Lipinski definition) is 2. The van der Waals surface area contributed by atoms with Crippen LogP contribution in [0.2, 0.25) is 0 Å². The molecule has 1 amide bonds. The normalized spacial score (nSPS) is 25.3. The lowest BCUT2D eigenvalue weighted by atomic mass is 9.82. The second-order valence-electron chi connectivity index (χ2n) is 7.31. The average Bonchev–Trinajstić information content (AvgIpc) is 2.76. The van der Waals surface area contributed by atoms with Gasteiger partial charge in [0.1, 0.15) is 5.54 Å². The molecule has 0 aliphatic carbocycles. The average molecular weight is 333 g/mol. The Hall–Kier alpha value is -2.62. The Labute approximate surface area is 148 Å². The molecule has 2 aliphatic rings. The number of guanidine groups is 1. The molecular weight excluding hydrogens is 310 g/mol. The third-order valence-corrected chi connectivity index (χ3v) is 5.62. The SMILES string of the molecule is CC1CC2(C)C(=O)N(CC(c3ccccc3)c3ccccc3)C(=N)N12. The Morgan fingerprint density at radius 3 is 2.04 bits per heavy atom. The van der Waals surface area contributed by atoms with Gasteiger partial charge in [0.05, 0.1) is 0 Å². The van der Waals surface area contributed by atoms with E-state index < -0.39 is 5.54 Å². The highest BCUT2D eigenvalue weighted by Crippen LogP contribution is 2.44. The van der Waals surface area contributed by atoms with E-state index >= 15 is 0 Å². The topological polar surface area (TPSA) is 47.4 Å². The zero-order valence-corrected chi connectivity index (χ0v) is 14.6. The first kappa shape index (κ1) is 15.9. The van der Waals surface area contributed by atoms with E-state index in [2.05, 4.69) is 31.2 Å². The van der Waals surface area contributed by atoms with Crippen molar-refractivity contribution in [2.45, 2.75) is 37.8 Å². The van der Waals surface area contributed by atoms with Crippen LogP contribution in [0.3, 0.4) is 0 Å². The number of carbonyl (C=O) groups excluding carboxylic acids is 1. The van der Waals surface area contributed by atoms with Crippen LogP contribution in [-0.4, -0.2) is 39.8 Å². The molecule has 2 heterocycles. The van der Waals surface area contributed by atoms with Crippen LogP contribution in [-0.2, 0) is 4.79 Å². The van der Waals surface area contributed by atoms with Crippen LogP contribution in [0.5, 0.6) is 0 Å². The van der Waals surface area contributed by atoms with Gasteiger partial charge in [-0.15, -0.1) is 0 Å². The zero-order valence-electron chi connectivity index (χ0n) is 14.6. The molecule has 4 heteroatoms. The van der Waals surface area contributed by atoms with Crippen LogP contribution >= 0.6 is 0 Å². The van der Waals surface area contributed by atoms with E-state index in [0.717, 1.165) is 6.42 Å². The van der Waals surface area contributed by atoms with Gasteiger partial charge in [-0.1, -0.05) is 60.7 Å². The molecule has 4 nitrogen and oxygen atoms in total. The summed E-state index contributed by atoms with van der Waals surface area (Å²) in [5.41, 5.74) is 1.82.